The van der Waals surface area contributed by atoms with Gasteiger partial charge in [0.2, 0.25) is 0 Å². The summed E-state index contributed by atoms with van der Waals surface area (Å²) in [4.78, 5) is 12.0. The van der Waals surface area contributed by atoms with E-state index in [4.69, 9.17) is 0 Å². The number of anilines is 1. The Morgan fingerprint density at radius 1 is 1.15 bits per heavy atom. The van der Waals surface area contributed by atoms with E-state index in [1.165, 1.54) is 0 Å². The Labute approximate surface area is 118 Å². The first-order valence-electron chi connectivity index (χ1n) is 6.78. The average Bonchev–Trinajstić information content (AvgIpc) is 2.45. The van der Waals surface area contributed by atoms with Crippen molar-refractivity contribution in [3.8, 4) is 0 Å². The lowest BCUT2D eigenvalue weighted by atomic mass is 10.1. The van der Waals surface area contributed by atoms with Crippen molar-refractivity contribution < 1.29 is 9.90 Å². The van der Waals surface area contributed by atoms with Crippen molar-refractivity contribution in [1.29, 1.82) is 0 Å². The van der Waals surface area contributed by atoms with Gasteiger partial charge in [-0.3, -0.25) is 0 Å². The molecule has 2 aromatic rings. The zero-order valence-electron chi connectivity index (χ0n) is 11.8. The van der Waals surface area contributed by atoms with Crippen LogP contribution in [0.25, 0.3) is 10.8 Å². The first-order chi connectivity index (χ1) is 9.61. The molecule has 0 bridgehead atoms. The molecule has 0 radical (unpaired) electrons. The molecule has 3 N–H and O–H groups in total. The van der Waals surface area contributed by atoms with Gasteiger partial charge < -0.3 is 15.7 Å². The molecule has 0 spiro atoms. The van der Waals surface area contributed by atoms with Gasteiger partial charge in [0.05, 0.1) is 18.3 Å². The molecule has 0 heterocycles. The molecule has 1 atom stereocenters. The maximum absolute atomic E-state index is 12.0. The number of benzene rings is 2. The second-order valence-corrected chi connectivity index (χ2v) is 5.16. The molecular formula is C16H20N2O2. The summed E-state index contributed by atoms with van der Waals surface area (Å²) < 4.78 is 0. The molecule has 0 aromatic heterocycles. The Morgan fingerprint density at radius 3 is 2.55 bits per heavy atom. The summed E-state index contributed by atoms with van der Waals surface area (Å²) in [6.07, 6.45) is 0. The molecule has 20 heavy (non-hydrogen) atoms. The molecule has 0 aliphatic carbocycles. The number of fused-ring (bicyclic) bond motifs is 1. The standard InChI is InChI=1S/C16H20N2O2/c1-11(2)15(10-19)18-16(20)17-14-9-5-7-12-6-3-4-8-13(12)14/h3-9,11,15,19H,10H2,1-2H3,(H2,17,18,20)/t15-/m1/s1. The van der Waals surface area contributed by atoms with E-state index in [1.54, 1.807) is 0 Å². The molecule has 0 unspecified atom stereocenters. The zero-order valence-corrected chi connectivity index (χ0v) is 11.8. The lowest BCUT2D eigenvalue weighted by Crippen LogP contribution is -2.43. The minimum Gasteiger partial charge on any atom is -0.394 e. The van der Waals surface area contributed by atoms with E-state index in [-0.39, 0.29) is 24.6 Å². The van der Waals surface area contributed by atoms with Crippen molar-refractivity contribution in [2.45, 2.75) is 19.9 Å². The topological polar surface area (TPSA) is 61.4 Å². The Morgan fingerprint density at radius 2 is 1.85 bits per heavy atom. The average molecular weight is 272 g/mol. The first-order valence-corrected chi connectivity index (χ1v) is 6.78. The number of carbonyl (C=O) groups excluding carboxylic acids is 1. The Balaban J connectivity index is 2.14. The minimum atomic E-state index is -0.297. The van der Waals surface area contributed by atoms with Gasteiger partial charge in [-0.2, -0.15) is 0 Å². The maximum Gasteiger partial charge on any atom is 0.319 e. The second kappa shape index (κ2) is 6.39. The highest BCUT2D eigenvalue weighted by atomic mass is 16.3. The van der Waals surface area contributed by atoms with Crippen molar-refractivity contribution >= 4 is 22.5 Å². The third kappa shape index (κ3) is 3.27. The lowest BCUT2D eigenvalue weighted by Gasteiger charge is -2.20. The fourth-order valence-corrected chi connectivity index (χ4v) is 2.08. The smallest absolute Gasteiger partial charge is 0.319 e. The molecule has 2 aromatic carbocycles. The van der Waals surface area contributed by atoms with Crippen LogP contribution in [0, 0.1) is 5.92 Å². The van der Waals surface area contributed by atoms with Gasteiger partial charge in [0, 0.05) is 5.39 Å². The number of aliphatic hydroxyl groups is 1. The number of nitrogens with one attached hydrogen (secondary N) is 2. The second-order valence-electron chi connectivity index (χ2n) is 5.16. The molecular weight excluding hydrogens is 252 g/mol. The third-order valence-electron chi connectivity index (χ3n) is 3.36. The molecule has 4 nitrogen and oxygen atoms in total. The minimum absolute atomic E-state index is 0.0688. The van der Waals surface area contributed by atoms with Crippen molar-refractivity contribution in [3.05, 3.63) is 42.5 Å². The van der Waals surface area contributed by atoms with Crippen molar-refractivity contribution in [3.63, 3.8) is 0 Å². The van der Waals surface area contributed by atoms with Gasteiger partial charge >= 0.3 is 6.03 Å². The van der Waals surface area contributed by atoms with Gasteiger partial charge in [-0.25, -0.2) is 4.79 Å². The molecule has 0 saturated heterocycles. The highest BCUT2D eigenvalue weighted by Gasteiger charge is 2.15. The summed E-state index contributed by atoms with van der Waals surface area (Å²) in [6.45, 7) is 3.85. The molecule has 106 valence electrons. The van der Waals surface area contributed by atoms with Crippen LogP contribution >= 0.6 is 0 Å². The van der Waals surface area contributed by atoms with Gasteiger partial charge in [-0.05, 0) is 17.4 Å². The molecule has 2 amide bonds. The van der Waals surface area contributed by atoms with E-state index in [1.807, 2.05) is 56.3 Å². The van der Waals surface area contributed by atoms with Gasteiger partial charge in [-0.15, -0.1) is 0 Å². The SMILES string of the molecule is CC(C)[C@@H](CO)NC(=O)Nc1cccc2ccccc12. The van der Waals surface area contributed by atoms with Crippen LogP contribution in [0.2, 0.25) is 0 Å². The van der Waals surface area contributed by atoms with Gasteiger partial charge in [0.1, 0.15) is 0 Å². The predicted molar refractivity (Wildman–Crippen MR) is 81.8 cm³/mol. The summed E-state index contributed by atoms with van der Waals surface area (Å²) in [5.41, 5.74) is 0.765. The molecule has 4 heteroatoms. The van der Waals surface area contributed by atoms with Crippen molar-refractivity contribution in [2.75, 3.05) is 11.9 Å². The van der Waals surface area contributed by atoms with E-state index in [2.05, 4.69) is 10.6 Å². The van der Waals surface area contributed by atoms with Crippen molar-refractivity contribution in [1.82, 2.24) is 5.32 Å². The molecule has 0 saturated carbocycles. The quantitative estimate of drug-likeness (QED) is 0.801. The summed E-state index contributed by atoms with van der Waals surface area (Å²) >= 11 is 0. The van der Waals surface area contributed by atoms with Crippen LogP contribution in [0.15, 0.2) is 42.5 Å². The van der Waals surface area contributed by atoms with E-state index in [9.17, 15) is 9.90 Å². The monoisotopic (exact) mass is 272 g/mol. The summed E-state index contributed by atoms with van der Waals surface area (Å²) in [5.74, 6) is 0.179. The summed E-state index contributed by atoms with van der Waals surface area (Å²) in [5, 5.41) is 16.9. The van der Waals surface area contributed by atoms with E-state index < -0.39 is 0 Å². The van der Waals surface area contributed by atoms with Crippen LogP contribution < -0.4 is 10.6 Å². The third-order valence-corrected chi connectivity index (χ3v) is 3.36. The molecule has 0 fully saturated rings. The summed E-state index contributed by atoms with van der Waals surface area (Å²) in [7, 11) is 0. The highest BCUT2D eigenvalue weighted by molar-refractivity contribution is 6.01. The van der Waals surface area contributed by atoms with Gasteiger partial charge in [0.15, 0.2) is 0 Å². The predicted octanol–water partition coefficient (Wildman–Crippen LogP) is 2.98. The highest BCUT2D eigenvalue weighted by Crippen LogP contribution is 2.22. The zero-order chi connectivity index (χ0) is 14.5. The van der Waals surface area contributed by atoms with Crippen LogP contribution in [-0.2, 0) is 0 Å². The van der Waals surface area contributed by atoms with Crippen LogP contribution in [0.3, 0.4) is 0 Å². The largest absolute Gasteiger partial charge is 0.394 e. The number of rotatable bonds is 4. The number of hydrogen-bond acceptors (Lipinski definition) is 2. The van der Waals surface area contributed by atoms with Crippen LogP contribution in [0.4, 0.5) is 10.5 Å². The molecule has 2 rings (SSSR count). The van der Waals surface area contributed by atoms with E-state index in [0.29, 0.717) is 0 Å². The number of hydrogen-bond donors (Lipinski definition) is 3. The number of carbonyl (C=O) groups is 1. The lowest BCUT2D eigenvalue weighted by molar-refractivity contribution is 0.204. The number of aliphatic hydroxyl groups excluding tert-OH is 1. The Hall–Kier alpha value is -2.07. The number of amides is 2. The van der Waals surface area contributed by atoms with Crippen molar-refractivity contribution in [2.24, 2.45) is 5.92 Å². The molecule has 0 aliphatic rings. The molecule has 0 aliphatic heterocycles. The first kappa shape index (κ1) is 14.3. The maximum atomic E-state index is 12.0. The fraction of sp³-hybridized carbons (Fsp3) is 0.312. The fourth-order valence-electron chi connectivity index (χ4n) is 2.08. The normalized spacial score (nSPS) is 12.4. The van der Waals surface area contributed by atoms with E-state index in [0.717, 1.165) is 16.5 Å². The van der Waals surface area contributed by atoms with Crippen LogP contribution in [0.1, 0.15) is 13.8 Å². The van der Waals surface area contributed by atoms with E-state index >= 15 is 0 Å². The Bertz CT molecular complexity index is 591. The summed E-state index contributed by atoms with van der Waals surface area (Å²) in [6, 6.07) is 13.1. The van der Waals surface area contributed by atoms with Crippen LogP contribution in [0.5, 0.6) is 0 Å². The Kier molecular flexibility index (Phi) is 4.58. The number of urea groups is 1. The van der Waals surface area contributed by atoms with Gasteiger partial charge in [0.25, 0.3) is 0 Å². The van der Waals surface area contributed by atoms with Crippen LogP contribution in [-0.4, -0.2) is 23.8 Å². The van der Waals surface area contributed by atoms with Gasteiger partial charge in [-0.1, -0.05) is 50.2 Å².